The Hall–Kier alpha value is -2.80. The first-order valence-electron chi connectivity index (χ1n) is 6.43. The summed E-state index contributed by atoms with van der Waals surface area (Å²) >= 11 is 4.99. The van der Waals surface area contributed by atoms with Gasteiger partial charge in [-0.2, -0.15) is 5.10 Å². The Morgan fingerprint density at radius 3 is 2.64 bits per heavy atom. The summed E-state index contributed by atoms with van der Waals surface area (Å²) in [5.41, 5.74) is 5.14. The summed E-state index contributed by atoms with van der Waals surface area (Å²) in [6.07, 6.45) is 1.44. The predicted molar refractivity (Wildman–Crippen MR) is 84.9 cm³/mol. The number of rotatable bonds is 3. The number of aromatic nitrogens is 2. The largest absolute Gasteiger partial charge is 0.331 e. The second kappa shape index (κ2) is 5.90. The summed E-state index contributed by atoms with van der Waals surface area (Å²) in [7, 11) is 0. The third-order valence-corrected chi connectivity index (χ3v) is 3.23. The van der Waals surface area contributed by atoms with Crippen LogP contribution in [0.25, 0.3) is 11.0 Å². The van der Waals surface area contributed by atoms with Crippen LogP contribution in [0.4, 0.5) is 4.39 Å². The van der Waals surface area contributed by atoms with Crippen LogP contribution in [0.3, 0.4) is 0 Å². The zero-order valence-corrected chi connectivity index (χ0v) is 12.1. The highest BCUT2D eigenvalue weighted by Gasteiger charge is 2.06. The molecule has 2 aromatic carbocycles. The van der Waals surface area contributed by atoms with Gasteiger partial charge < -0.3 is 9.97 Å². The minimum Gasteiger partial charge on any atom is -0.331 e. The molecular weight excluding hydrogens is 303 g/mol. The van der Waals surface area contributed by atoms with Crippen LogP contribution in [-0.4, -0.2) is 22.1 Å². The molecule has 0 atom stereocenters. The Morgan fingerprint density at radius 1 is 1.14 bits per heavy atom. The Bertz CT molecular complexity index is 911. The molecule has 3 aromatic rings. The van der Waals surface area contributed by atoms with Crippen LogP contribution in [0.1, 0.15) is 15.9 Å². The van der Waals surface area contributed by atoms with E-state index in [9.17, 15) is 9.18 Å². The van der Waals surface area contributed by atoms with Gasteiger partial charge in [0.15, 0.2) is 4.77 Å². The lowest BCUT2D eigenvalue weighted by Crippen LogP contribution is -2.17. The number of hydrogen-bond donors (Lipinski definition) is 3. The molecule has 0 saturated heterocycles. The van der Waals surface area contributed by atoms with Gasteiger partial charge in [0.25, 0.3) is 5.91 Å². The van der Waals surface area contributed by atoms with E-state index in [4.69, 9.17) is 12.2 Å². The van der Waals surface area contributed by atoms with Gasteiger partial charge in [-0.15, -0.1) is 0 Å². The maximum Gasteiger partial charge on any atom is 0.271 e. The summed E-state index contributed by atoms with van der Waals surface area (Å²) in [4.78, 5) is 17.9. The minimum atomic E-state index is -0.346. The van der Waals surface area contributed by atoms with Crippen molar-refractivity contribution >= 4 is 35.4 Å². The van der Waals surface area contributed by atoms with Crippen LogP contribution >= 0.6 is 12.2 Å². The first kappa shape index (κ1) is 14.2. The average molecular weight is 314 g/mol. The number of halogens is 1. The SMILES string of the molecule is O=C(N/N=C\c1ccc(F)cc1)c1ccc2[nH]c(=S)[nH]c2c1. The molecule has 1 amide bonds. The van der Waals surface area contributed by atoms with E-state index in [0.717, 1.165) is 11.0 Å². The van der Waals surface area contributed by atoms with Crippen molar-refractivity contribution in [2.75, 3.05) is 0 Å². The fourth-order valence-corrected chi connectivity index (χ4v) is 2.17. The molecule has 3 rings (SSSR count). The van der Waals surface area contributed by atoms with Gasteiger partial charge in [-0.1, -0.05) is 12.1 Å². The van der Waals surface area contributed by atoms with Gasteiger partial charge in [0.05, 0.1) is 17.2 Å². The number of nitrogens with zero attached hydrogens (tertiary/aromatic N) is 1. The molecule has 0 fully saturated rings. The summed E-state index contributed by atoms with van der Waals surface area (Å²) < 4.78 is 13.3. The van der Waals surface area contributed by atoms with E-state index in [2.05, 4.69) is 20.5 Å². The van der Waals surface area contributed by atoms with Gasteiger partial charge in [0.1, 0.15) is 5.82 Å². The molecule has 0 aliphatic rings. The smallest absolute Gasteiger partial charge is 0.271 e. The molecule has 0 aliphatic carbocycles. The summed E-state index contributed by atoms with van der Waals surface area (Å²) in [5.74, 6) is -0.667. The quantitative estimate of drug-likeness (QED) is 0.395. The van der Waals surface area contributed by atoms with E-state index in [-0.39, 0.29) is 11.7 Å². The normalized spacial score (nSPS) is 11.1. The Morgan fingerprint density at radius 2 is 1.86 bits per heavy atom. The van der Waals surface area contributed by atoms with E-state index in [1.54, 1.807) is 30.3 Å². The standard InChI is InChI=1S/C15H11FN4OS/c16-11-4-1-9(2-5-11)8-17-20-14(21)10-3-6-12-13(7-10)19-15(22)18-12/h1-8H,(H,20,21)(H2,18,19,22)/b17-8-. The van der Waals surface area contributed by atoms with Crippen LogP contribution < -0.4 is 5.43 Å². The highest BCUT2D eigenvalue weighted by atomic mass is 32.1. The molecule has 3 N–H and O–H groups in total. The average Bonchev–Trinajstić information content (AvgIpc) is 2.88. The number of H-pyrrole nitrogens is 2. The van der Waals surface area contributed by atoms with Gasteiger partial charge in [0, 0.05) is 5.56 Å². The number of amides is 1. The van der Waals surface area contributed by atoms with Crippen LogP contribution in [0.2, 0.25) is 0 Å². The highest BCUT2D eigenvalue weighted by Crippen LogP contribution is 2.12. The van der Waals surface area contributed by atoms with Crippen molar-refractivity contribution in [1.82, 2.24) is 15.4 Å². The lowest BCUT2D eigenvalue weighted by molar-refractivity contribution is 0.0955. The number of carbonyl (C=O) groups is 1. The number of imidazole rings is 1. The third kappa shape index (κ3) is 3.09. The fraction of sp³-hybridized carbons (Fsp3) is 0. The number of hydrogen-bond acceptors (Lipinski definition) is 3. The summed E-state index contributed by atoms with van der Waals surface area (Å²) in [5, 5.41) is 3.85. The van der Waals surface area contributed by atoms with Gasteiger partial charge in [-0.05, 0) is 48.1 Å². The van der Waals surface area contributed by atoms with E-state index in [0.29, 0.717) is 15.9 Å². The first-order chi connectivity index (χ1) is 10.6. The molecule has 110 valence electrons. The molecule has 0 bridgehead atoms. The van der Waals surface area contributed by atoms with Crippen molar-refractivity contribution in [1.29, 1.82) is 0 Å². The number of aromatic amines is 2. The zero-order valence-electron chi connectivity index (χ0n) is 11.3. The fourth-order valence-electron chi connectivity index (χ4n) is 1.95. The van der Waals surface area contributed by atoms with Gasteiger partial charge in [-0.25, -0.2) is 9.82 Å². The summed E-state index contributed by atoms with van der Waals surface area (Å²) in [6.45, 7) is 0. The Labute approximate surface area is 129 Å². The number of hydrazone groups is 1. The van der Waals surface area contributed by atoms with Gasteiger partial charge >= 0.3 is 0 Å². The van der Waals surface area contributed by atoms with Crippen LogP contribution in [0, 0.1) is 10.6 Å². The second-order valence-corrected chi connectivity index (χ2v) is 5.00. The Kier molecular flexibility index (Phi) is 3.80. The molecule has 7 heteroatoms. The molecule has 0 aliphatic heterocycles. The number of nitrogens with one attached hydrogen (secondary N) is 3. The van der Waals surface area contributed by atoms with E-state index in [1.165, 1.54) is 18.3 Å². The Balaban J connectivity index is 1.72. The number of fused-ring (bicyclic) bond motifs is 1. The molecular formula is C15H11FN4OS. The molecule has 0 spiro atoms. The van der Waals surface area contributed by atoms with Crippen molar-refractivity contribution in [3.8, 4) is 0 Å². The molecule has 0 radical (unpaired) electrons. The maximum absolute atomic E-state index is 12.8. The third-order valence-electron chi connectivity index (χ3n) is 3.03. The zero-order chi connectivity index (χ0) is 15.5. The van der Waals surface area contributed by atoms with Crippen LogP contribution in [0.15, 0.2) is 47.6 Å². The monoisotopic (exact) mass is 314 g/mol. The first-order valence-corrected chi connectivity index (χ1v) is 6.84. The molecule has 1 aromatic heterocycles. The van der Waals surface area contributed by atoms with E-state index in [1.807, 2.05) is 0 Å². The lowest BCUT2D eigenvalue weighted by atomic mass is 10.2. The van der Waals surface area contributed by atoms with Crippen molar-refractivity contribution < 1.29 is 9.18 Å². The van der Waals surface area contributed by atoms with Crippen molar-refractivity contribution in [3.05, 3.63) is 64.2 Å². The lowest BCUT2D eigenvalue weighted by Gasteiger charge is -2.00. The molecule has 0 saturated carbocycles. The van der Waals surface area contributed by atoms with E-state index >= 15 is 0 Å². The second-order valence-electron chi connectivity index (χ2n) is 4.59. The number of carbonyl (C=O) groups excluding carboxylic acids is 1. The molecule has 5 nitrogen and oxygen atoms in total. The number of benzene rings is 2. The van der Waals surface area contributed by atoms with Crippen LogP contribution in [-0.2, 0) is 0 Å². The molecule has 0 unspecified atom stereocenters. The molecule has 1 heterocycles. The summed E-state index contributed by atoms with van der Waals surface area (Å²) in [6, 6.07) is 10.9. The van der Waals surface area contributed by atoms with Crippen molar-refractivity contribution in [3.63, 3.8) is 0 Å². The minimum absolute atomic E-state index is 0.321. The molecule has 22 heavy (non-hydrogen) atoms. The maximum atomic E-state index is 12.8. The van der Waals surface area contributed by atoms with E-state index < -0.39 is 0 Å². The van der Waals surface area contributed by atoms with Crippen LogP contribution in [0.5, 0.6) is 0 Å². The topological polar surface area (TPSA) is 73.0 Å². The predicted octanol–water partition coefficient (Wildman–Crippen LogP) is 3.13. The van der Waals surface area contributed by atoms with Crippen molar-refractivity contribution in [2.45, 2.75) is 0 Å². The van der Waals surface area contributed by atoms with Gasteiger partial charge in [-0.3, -0.25) is 4.79 Å². The van der Waals surface area contributed by atoms with Crippen molar-refractivity contribution in [2.24, 2.45) is 5.10 Å². The van der Waals surface area contributed by atoms with Gasteiger partial charge in [0.2, 0.25) is 0 Å². The highest BCUT2D eigenvalue weighted by molar-refractivity contribution is 7.71.